The zero-order valence-corrected chi connectivity index (χ0v) is 20.3. The molecule has 0 bridgehead atoms. The Bertz CT molecular complexity index is 1940. The van der Waals surface area contributed by atoms with Gasteiger partial charge in [0.2, 0.25) is 0 Å². The van der Waals surface area contributed by atoms with E-state index in [0.29, 0.717) is 5.39 Å². The molecule has 37 heavy (non-hydrogen) atoms. The van der Waals surface area contributed by atoms with Crippen LogP contribution in [-0.4, -0.2) is 9.55 Å². The number of fused-ring (bicyclic) bond motifs is 5. The zero-order valence-electron chi connectivity index (χ0n) is 20.3. The molecular formula is C34H24N2O. The largest absolute Gasteiger partial charge is 0.274 e. The van der Waals surface area contributed by atoms with Crippen LogP contribution in [0, 0.1) is 0 Å². The van der Waals surface area contributed by atoms with E-state index in [1.54, 1.807) is 6.20 Å². The van der Waals surface area contributed by atoms with Crippen LogP contribution < -0.4 is 5.56 Å². The van der Waals surface area contributed by atoms with Crippen LogP contribution >= 0.6 is 0 Å². The highest BCUT2D eigenvalue weighted by Crippen LogP contribution is 2.34. The van der Waals surface area contributed by atoms with Gasteiger partial charge in [-0.05, 0) is 70.8 Å². The number of hydrogen-bond donors (Lipinski definition) is 0. The van der Waals surface area contributed by atoms with Crippen molar-refractivity contribution in [2.75, 3.05) is 0 Å². The fourth-order valence-electron chi connectivity index (χ4n) is 5.48. The van der Waals surface area contributed by atoms with E-state index in [9.17, 15) is 4.79 Å². The number of pyridine rings is 2. The molecule has 0 saturated heterocycles. The van der Waals surface area contributed by atoms with E-state index >= 15 is 0 Å². The Balaban J connectivity index is 1.64. The molecule has 0 unspecified atom stereocenters. The summed E-state index contributed by atoms with van der Waals surface area (Å²) in [6.07, 6.45) is 10.6. The van der Waals surface area contributed by atoms with Crippen LogP contribution in [0.25, 0.3) is 55.0 Å². The molecule has 0 fully saturated rings. The van der Waals surface area contributed by atoms with Crippen LogP contribution in [0.2, 0.25) is 0 Å². The summed E-state index contributed by atoms with van der Waals surface area (Å²) in [6.45, 7) is 0. The summed E-state index contributed by atoms with van der Waals surface area (Å²) in [6, 6.07) is 32.9. The molecule has 0 saturated carbocycles. The van der Waals surface area contributed by atoms with E-state index < -0.39 is 0 Å². The summed E-state index contributed by atoms with van der Waals surface area (Å²) < 4.78 is 1.87. The van der Waals surface area contributed by atoms with Crippen molar-refractivity contribution >= 4 is 38.2 Å². The van der Waals surface area contributed by atoms with Crippen LogP contribution in [0.5, 0.6) is 0 Å². The van der Waals surface area contributed by atoms with Crippen LogP contribution in [0.3, 0.4) is 0 Å². The molecule has 6 aromatic rings. The lowest BCUT2D eigenvalue weighted by molar-refractivity contribution is 1.04. The summed E-state index contributed by atoms with van der Waals surface area (Å²) in [7, 11) is 0. The quantitative estimate of drug-likeness (QED) is 0.242. The van der Waals surface area contributed by atoms with Crippen LogP contribution in [0.1, 0.15) is 18.4 Å². The standard InChI is InChI=1S/C34H24N2O/c37-34-31-16-8-7-15-29(31)30-18-17-25-14-9-19-35-32(25)33(30)36(34)28-21-26(23-10-3-1-4-11-23)20-27(22-28)24-12-5-2-6-13-24/h1,3-5,7-22H,2,6H2. The van der Waals surface area contributed by atoms with Gasteiger partial charge in [-0.1, -0.05) is 85.0 Å². The van der Waals surface area contributed by atoms with Crippen molar-refractivity contribution < 1.29 is 0 Å². The van der Waals surface area contributed by atoms with Crippen molar-refractivity contribution in [3.8, 4) is 16.8 Å². The first kappa shape index (κ1) is 21.5. The maximum Gasteiger partial charge on any atom is 0.263 e. The van der Waals surface area contributed by atoms with Gasteiger partial charge in [0.05, 0.1) is 16.7 Å². The van der Waals surface area contributed by atoms with E-state index in [0.717, 1.165) is 62.4 Å². The number of nitrogens with zero attached hydrogens (tertiary/aromatic N) is 2. The van der Waals surface area contributed by atoms with E-state index in [1.807, 2.05) is 41.0 Å². The fraction of sp³-hybridized carbons (Fsp3) is 0.0588. The minimum absolute atomic E-state index is 0.0365. The monoisotopic (exact) mass is 476 g/mol. The molecule has 2 aromatic heterocycles. The van der Waals surface area contributed by atoms with Gasteiger partial charge in [-0.15, -0.1) is 0 Å². The molecule has 4 aromatic carbocycles. The number of benzene rings is 4. The summed E-state index contributed by atoms with van der Waals surface area (Å²) >= 11 is 0. The highest BCUT2D eigenvalue weighted by molar-refractivity contribution is 6.14. The topological polar surface area (TPSA) is 34.9 Å². The average Bonchev–Trinajstić information content (AvgIpc) is 2.98. The Morgan fingerprint density at radius 3 is 2.32 bits per heavy atom. The molecule has 1 aliphatic rings. The lowest BCUT2D eigenvalue weighted by atomic mass is 9.94. The van der Waals surface area contributed by atoms with Crippen LogP contribution in [-0.2, 0) is 0 Å². The highest BCUT2D eigenvalue weighted by Gasteiger charge is 2.17. The van der Waals surface area contributed by atoms with E-state index in [1.165, 1.54) is 5.57 Å². The third kappa shape index (κ3) is 3.59. The Kier molecular flexibility index (Phi) is 5.07. The Labute approximate surface area is 214 Å². The molecule has 2 heterocycles. The van der Waals surface area contributed by atoms with Crippen LogP contribution in [0.15, 0.2) is 126 Å². The molecule has 176 valence electrons. The molecule has 1 aliphatic carbocycles. The number of rotatable bonds is 3. The smallest absolute Gasteiger partial charge is 0.263 e. The molecule has 3 heteroatoms. The normalized spacial score (nSPS) is 13.4. The van der Waals surface area contributed by atoms with Gasteiger partial charge in [-0.25, -0.2) is 0 Å². The molecule has 0 aliphatic heterocycles. The van der Waals surface area contributed by atoms with Crippen LogP contribution in [0.4, 0.5) is 0 Å². The molecule has 0 N–H and O–H groups in total. The Morgan fingerprint density at radius 1 is 0.676 bits per heavy atom. The van der Waals surface area contributed by atoms with Crippen molar-refractivity contribution in [3.05, 3.63) is 137 Å². The first-order valence-corrected chi connectivity index (χ1v) is 12.7. The maximum atomic E-state index is 14.2. The van der Waals surface area contributed by atoms with E-state index in [-0.39, 0.29) is 5.56 Å². The van der Waals surface area contributed by atoms with Gasteiger partial charge in [0.1, 0.15) is 0 Å². The Morgan fingerprint density at radius 2 is 1.49 bits per heavy atom. The summed E-state index contributed by atoms with van der Waals surface area (Å²) in [5.74, 6) is 0. The summed E-state index contributed by atoms with van der Waals surface area (Å²) in [5, 5.41) is 3.68. The first-order chi connectivity index (χ1) is 18.3. The summed E-state index contributed by atoms with van der Waals surface area (Å²) in [5.41, 5.74) is 6.96. The van der Waals surface area contributed by atoms with Crippen molar-refractivity contribution in [3.63, 3.8) is 0 Å². The fourth-order valence-corrected chi connectivity index (χ4v) is 5.48. The number of hydrogen-bond acceptors (Lipinski definition) is 2. The van der Waals surface area contributed by atoms with Crippen molar-refractivity contribution in [2.24, 2.45) is 0 Å². The maximum absolute atomic E-state index is 14.2. The molecule has 0 radical (unpaired) electrons. The predicted octanol–water partition coefficient (Wildman–Crippen LogP) is 8.09. The van der Waals surface area contributed by atoms with Crippen molar-refractivity contribution in [1.29, 1.82) is 0 Å². The highest BCUT2D eigenvalue weighted by atomic mass is 16.1. The lowest BCUT2D eigenvalue weighted by Crippen LogP contribution is -2.20. The molecule has 7 rings (SSSR count). The van der Waals surface area contributed by atoms with Gasteiger partial charge < -0.3 is 0 Å². The molecule has 0 atom stereocenters. The summed E-state index contributed by atoms with van der Waals surface area (Å²) in [4.78, 5) is 19.0. The molecule has 0 amide bonds. The number of allylic oxidation sites excluding steroid dienone is 4. The first-order valence-electron chi connectivity index (χ1n) is 12.7. The molecule has 0 spiro atoms. The van der Waals surface area contributed by atoms with Gasteiger partial charge in [0.25, 0.3) is 5.56 Å². The van der Waals surface area contributed by atoms with Crippen molar-refractivity contribution in [1.82, 2.24) is 9.55 Å². The number of aromatic nitrogens is 2. The van der Waals surface area contributed by atoms with Gasteiger partial charge in [-0.3, -0.25) is 14.3 Å². The van der Waals surface area contributed by atoms with Gasteiger partial charge in [0.15, 0.2) is 0 Å². The average molecular weight is 477 g/mol. The third-order valence-electron chi connectivity index (χ3n) is 7.23. The lowest BCUT2D eigenvalue weighted by Gasteiger charge is -2.18. The third-order valence-corrected chi connectivity index (χ3v) is 7.23. The second-order valence-corrected chi connectivity index (χ2v) is 9.50. The van der Waals surface area contributed by atoms with Gasteiger partial charge in [0, 0.05) is 22.4 Å². The second kappa shape index (κ2) is 8.72. The predicted molar refractivity (Wildman–Crippen MR) is 154 cm³/mol. The van der Waals surface area contributed by atoms with Gasteiger partial charge >= 0.3 is 0 Å². The minimum atomic E-state index is -0.0365. The SMILES string of the molecule is O=c1c2ccccc2c2ccc3cccnc3c2n1-c1cc(C2=CCCC=C2)cc(-c2ccccc2)c1. The van der Waals surface area contributed by atoms with Gasteiger partial charge in [-0.2, -0.15) is 0 Å². The van der Waals surface area contributed by atoms with E-state index in [4.69, 9.17) is 4.98 Å². The molecular weight excluding hydrogens is 452 g/mol. The van der Waals surface area contributed by atoms with Crippen molar-refractivity contribution in [2.45, 2.75) is 12.8 Å². The van der Waals surface area contributed by atoms with E-state index in [2.05, 4.69) is 78.9 Å². The molecule has 3 nitrogen and oxygen atoms in total. The second-order valence-electron chi connectivity index (χ2n) is 9.50. The Hall–Kier alpha value is -4.76. The minimum Gasteiger partial charge on any atom is -0.274 e. The zero-order chi connectivity index (χ0) is 24.8.